The van der Waals surface area contributed by atoms with Crippen LogP contribution in [-0.4, -0.2) is 15.7 Å². The maximum atomic E-state index is 12.9. The molecular weight excluding hydrogens is 398 g/mol. The van der Waals surface area contributed by atoms with E-state index >= 15 is 0 Å². The van der Waals surface area contributed by atoms with E-state index in [9.17, 15) is 22.4 Å². The van der Waals surface area contributed by atoms with Gasteiger partial charge in [0.15, 0.2) is 0 Å². The van der Waals surface area contributed by atoms with Gasteiger partial charge in [0.1, 0.15) is 5.82 Å². The Morgan fingerprint density at radius 3 is 2.50 bits per heavy atom. The first kappa shape index (κ1) is 21.3. The molecule has 0 aliphatic rings. The molecule has 0 bridgehead atoms. The summed E-state index contributed by atoms with van der Waals surface area (Å²) >= 11 is 0. The average Bonchev–Trinajstić information content (AvgIpc) is 2.94. The van der Waals surface area contributed by atoms with E-state index in [1.165, 1.54) is 24.3 Å². The first-order valence-electron chi connectivity index (χ1n) is 9.08. The lowest BCUT2D eigenvalue weighted by atomic mass is 10.1. The van der Waals surface area contributed by atoms with Crippen LogP contribution in [0.5, 0.6) is 0 Å². The van der Waals surface area contributed by atoms with Crippen LogP contribution in [0.15, 0.2) is 54.6 Å². The number of halogens is 4. The highest BCUT2D eigenvalue weighted by Crippen LogP contribution is 2.30. The summed E-state index contributed by atoms with van der Waals surface area (Å²) in [5, 5.41) is 7.07. The van der Waals surface area contributed by atoms with Gasteiger partial charge in [0.2, 0.25) is 5.91 Å². The number of anilines is 1. The quantitative estimate of drug-likeness (QED) is 0.449. The smallest absolute Gasteiger partial charge is 0.319 e. The van der Waals surface area contributed by atoms with Crippen LogP contribution in [0.1, 0.15) is 28.1 Å². The third-order valence-electron chi connectivity index (χ3n) is 4.51. The molecule has 1 N–H and O–H groups in total. The molecule has 0 atom stereocenters. The number of carbonyl (C=O) groups excluding carboxylic acids is 1. The Balaban J connectivity index is 1.74. The van der Waals surface area contributed by atoms with Crippen LogP contribution in [0, 0.1) is 19.7 Å². The Bertz CT molecular complexity index is 1080. The molecule has 1 amide bonds. The van der Waals surface area contributed by atoms with Gasteiger partial charge < -0.3 is 5.32 Å². The number of amides is 1. The molecular formula is C22H19F4N3O. The van der Waals surface area contributed by atoms with Crippen molar-refractivity contribution in [3.05, 3.63) is 88.5 Å². The predicted octanol–water partition coefficient (Wildman–Crippen LogP) is 5.36. The van der Waals surface area contributed by atoms with E-state index in [1.807, 2.05) is 0 Å². The summed E-state index contributed by atoms with van der Waals surface area (Å²) in [5.41, 5.74) is 2.05. The number of benzene rings is 2. The summed E-state index contributed by atoms with van der Waals surface area (Å²) in [4.78, 5) is 12.2. The summed E-state index contributed by atoms with van der Waals surface area (Å²) < 4.78 is 53.2. The number of hydrogen-bond acceptors (Lipinski definition) is 2. The first-order valence-corrected chi connectivity index (χ1v) is 9.08. The molecule has 0 saturated heterocycles. The fourth-order valence-electron chi connectivity index (χ4n) is 2.96. The fraction of sp³-hybridized carbons (Fsp3) is 0.182. The summed E-state index contributed by atoms with van der Waals surface area (Å²) in [6, 6.07) is 10.7. The van der Waals surface area contributed by atoms with Crippen molar-refractivity contribution in [2.45, 2.75) is 26.6 Å². The second kappa shape index (κ2) is 8.52. The molecule has 0 saturated carbocycles. The molecule has 0 radical (unpaired) electrons. The highest BCUT2D eigenvalue weighted by molar-refractivity contribution is 6.02. The lowest BCUT2D eigenvalue weighted by molar-refractivity contribution is -0.137. The average molecular weight is 417 g/mol. The predicted molar refractivity (Wildman–Crippen MR) is 106 cm³/mol. The molecule has 0 unspecified atom stereocenters. The zero-order valence-corrected chi connectivity index (χ0v) is 16.3. The monoisotopic (exact) mass is 417 g/mol. The van der Waals surface area contributed by atoms with Crippen molar-refractivity contribution in [1.29, 1.82) is 0 Å². The summed E-state index contributed by atoms with van der Waals surface area (Å²) in [7, 11) is 0. The van der Waals surface area contributed by atoms with Gasteiger partial charge in [-0.2, -0.15) is 18.3 Å². The van der Waals surface area contributed by atoms with E-state index in [-0.39, 0.29) is 12.4 Å². The van der Waals surface area contributed by atoms with Crippen LogP contribution in [0.4, 0.5) is 23.2 Å². The van der Waals surface area contributed by atoms with Crippen LogP contribution in [0.25, 0.3) is 6.08 Å². The van der Waals surface area contributed by atoms with Gasteiger partial charge >= 0.3 is 6.18 Å². The third kappa shape index (κ3) is 5.14. The normalized spacial score (nSPS) is 11.8. The molecule has 0 aliphatic heterocycles. The molecule has 1 aromatic heterocycles. The van der Waals surface area contributed by atoms with Gasteiger partial charge in [-0.15, -0.1) is 0 Å². The summed E-state index contributed by atoms with van der Waals surface area (Å²) in [6.07, 6.45) is -1.55. The zero-order chi connectivity index (χ0) is 21.9. The molecule has 3 rings (SSSR count). The van der Waals surface area contributed by atoms with Crippen molar-refractivity contribution in [2.75, 3.05) is 5.32 Å². The van der Waals surface area contributed by atoms with Crippen molar-refractivity contribution in [1.82, 2.24) is 9.78 Å². The van der Waals surface area contributed by atoms with Gasteiger partial charge in [0.05, 0.1) is 29.2 Å². The number of alkyl halides is 3. The molecule has 1 heterocycles. The topological polar surface area (TPSA) is 46.9 Å². The van der Waals surface area contributed by atoms with Gasteiger partial charge in [0.25, 0.3) is 0 Å². The molecule has 3 aromatic rings. The Hall–Kier alpha value is -3.42. The van der Waals surface area contributed by atoms with Gasteiger partial charge in [-0.3, -0.25) is 9.48 Å². The van der Waals surface area contributed by atoms with Gasteiger partial charge in [-0.05, 0) is 55.3 Å². The molecule has 156 valence electrons. The van der Waals surface area contributed by atoms with Crippen molar-refractivity contribution in [3.63, 3.8) is 0 Å². The Kier molecular flexibility index (Phi) is 6.05. The van der Waals surface area contributed by atoms with Gasteiger partial charge in [0, 0.05) is 6.08 Å². The van der Waals surface area contributed by atoms with Gasteiger partial charge in [-0.1, -0.05) is 24.3 Å². The highest BCUT2D eigenvalue weighted by atomic mass is 19.4. The minimum atomic E-state index is -4.42. The van der Waals surface area contributed by atoms with Crippen molar-refractivity contribution in [3.8, 4) is 0 Å². The molecule has 2 aromatic carbocycles. The Morgan fingerprint density at radius 2 is 1.83 bits per heavy atom. The van der Waals surface area contributed by atoms with E-state index in [4.69, 9.17) is 0 Å². The zero-order valence-electron chi connectivity index (χ0n) is 16.3. The second-order valence-corrected chi connectivity index (χ2v) is 6.78. The highest BCUT2D eigenvalue weighted by Gasteiger charge is 2.30. The minimum absolute atomic E-state index is 0.137. The number of carbonyl (C=O) groups is 1. The van der Waals surface area contributed by atoms with Crippen molar-refractivity contribution in [2.24, 2.45) is 0 Å². The standard InChI is InChI=1S/C22H19F4N3O/c1-14-21(27-20(30)11-8-16-6-9-19(23)10-7-16)15(2)29(28-14)13-17-4-3-5-18(12-17)22(24,25)26/h3-12H,13H2,1-2H3,(H,27,30)/b11-8+. The number of hydrogen-bond donors (Lipinski definition) is 1. The lowest BCUT2D eigenvalue weighted by Gasteiger charge is -2.10. The summed E-state index contributed by atoms with van der Waals surface area (Å²) in [6.45, 7) is 3.57. The van der Waals surface area contributed by atoms with E-state index < -0.39 is 17.6 Å². The van der Waals surface area contributed by atoms with Crippen LogP contribution < -0.4 is 5.32 Å². The first-order chi connectivity index (χ1) is 14.1. The van der Waals surface area contributed by atoms with Crippen LogP contribution in [0.3, 0.4) is 0 Å². The Labute approximate surface area is 170 Å². The number of nitrogens with zero attached hydrogens (tertiary/aromatic N) is 2. The fourth-order valence-corrected chi connectivity index (χ4v) is 2.96. The van der Waals surface area contributed by atoms with Crippen molar-refractivity contribution < 1.29 is 22.4 Å². The second-order valence-electron chi connectivity index (χ2n) is 6.78. The minimum Gasteiger partial charge on any atom is -0.319 e. The van der Waals surface area contributed by atoms with Crippen LogP contribution in [-0.2, 0) is 17.5 Å². The third-order valence-corrected chi connectivity index (χ3v) is 4.51. The molecule has 8 heteroatoms. The summed E-state index contributed by atoms with van der Waals surface area (Å²) in [5.74, 6) is -0.764. The SMILES string of the molecule is Cc1nn(Cc2cccc(C(F)(F)F)c2)c(C)c1NC(=O)/C=C/c1ccc(F)cc1. The molecule has 0 spiro atoms. The molecule has 4 nitrogen and oxygen atoms in total. The Morgan fingerprint density at radius 1 is 1.13 bits per heavy atom. The largest absolute Gasteiger partial charge is 0.416 e. The molecule has 0 fully saturated rings. The number of aromatic nitrogens is 2. The van der Waals surface area contributed by atoms with Crippen LogP contribution in [0.2, 0.25) is 0 Å². The maximum Gasteiger partial charge on any atom is 0.416 e. The number of rotatable bonds is 5. The molecule has 0 aliphatic carbocycles. The molecule has 30 heavy (non-hydrogen) atoms. The maximum absolute atomic E-state index is 12.9. The van der Waals surface area contributed by atoms with E-state index in [1.54, 1.807) is 42.8 Å². The lowest BCUT2D eigenvalue weighted by Crippen LogP contribution is -2.10. The van der Waals surface area contributed by atoms with Crippen LogP contribution >= 0.6 is 0 Å². The van der Waals surface area contributed by atoms with E-state index in [0.29, 0.717) is 28.2 Å². The van der Waals surface area contributed by atoms with Gasteiger partial charge in [-0.25, -0.2) is 4.39 Å². The van der Waals surface area contributed by atoms with E-state index in [2.05, 4.69) is 10.4 Å². The van der Waals surface area contributed by atoms with E-state index in [0.717, 1.165) is 12.1 Å². The number of aryl methyl sites for hydroxylation is 1. The van der Waals surface area contributed by atoms with Crippen molar-refractivity contribution >= 4 is 17.7 Å². The number of nitrogens with one attached hydrogen (secondary N) is 1.